The smallest absolute Gasteiger partial charge is 0.169 e. The van der Waals surface area contributed by atoms with Crippen LogP contribution in [0.4, 0.5) is 0 Å². The van der Waals surface area contributed by atoms with E-state index < -0.39 is 0 Å². The first-order valence-electron chi connectivity index (χ1n) is 9.33. The fourth-order valence-electron chi connectivity index (χ4n) is 4.03. The fourth-order valence-corrected chi connectivity index (χ4v) is 4.27. The van der Waals surface area contributed by atoms with Gasteiger partial charge in [0.1, 0.15) is 0 Å². The fraction of sp³-hybridized carbons (Fsp3) is 0.130. The van der Waals surface area contributed by atoms with Gasteiger partial charge >= 0.3 is 0 Å². The maximum absolute atomic E-state index is 5.57. The van der Waals surface area contributed by atoms with Crippen LogP contribution in [0.2, 0.25) is 0 Å². The van der Waals surface area contributed by atoms with Crippen molar-refractivity contribution >= 4 is 28.1 Å². The Labute approximate surface area is 169 Å². The van der Waals surface area contributed by atoms with Crippen LogP contribution in [0.3, 0.4) is 0 Å². The zero-order valence-corrected chi connectivity index (χ0v) is 16.3. The van der Waals surface area contributed by atoms with Crippen molar-refractivity contribution in [2.45, 2.75) is 12.1 Å². The van der Waals surface area contributed by atoms with Gasteiger partial charge in [-0.25, -0.2) is 0 Å². The summed E-state index contributed by atoms with van der Waals surface area (Å²) in [5.74, 6) is 0. The largest absolute Gasteiger partial charge is 0.352 e. The van der Waals surface area contributed by atoms with Crippen LogP contribution in [0.15, 0.2) is 85.2 Å². The molecular weight excluding hydrogens is 364 g/mol. The van der Waals surface area contributed by atoms with Crippen molar-refractivity contribution < 1.29 is 0 Å². The third-order valence-corrected chi connectivity index (χ3v) is 5.84. The molecule has 1 fully saturated rings. The maximum atomic E-state index is 5.57. The molecule has 5 heteroatoms. The van der Waals surface area contributed by atoms with Gasteiger partial charge in [-0.05, 0) is 59.4 Å². The van der Waals surface area contributed by atoms with Crippen LogP contribution in [-0.4, -0.2) is 26.6 Å². The summed E-state index contributed by atoms with van der Waals surface area (Å²) in [5.41, 5.74) is 3.32. The van der Waals surface area contributed by atoms with Crippen LogP contribution < -0.4 is 5.32 Å². The molecule has 1 N–H and O–H groups in total. The van der Waals surface area contributed by atoms with Crippen LogP contribution in [0, 0.1) is 0 Å². The van der Waals surface area contributed by atoms with Gasteiger partial charge in [-0.3, -0.25) is 4.98 Å². The summed E-state index contributed by atoms with van der Waals surface area (Å²) in [7, 11) is 2.04. The van der Waals surface area contributed by atoms with E-state index in [9.17, 15) is 0 Å². The lowest BCUT2D eigenvalue weighted by atomic mass is 10.0. The molecule has 1 aliphatic heterocycles. The molecule has 0 bridgehead atoms. The van der Waals surface area contributed by atoms with E-state index in [1.54, 1.807) is 0 Å². The predicted molar refractivity (Wildman–Crippen MR) is 116 cm³/mol. The van der Waals surface area contributed by atoms with Gasteiger partial charge in [-0.2, -0.15) is 0 Å². The molecule has 4 nitrogen and oxygen atoms in total. The van der Waals surface area contributed by atoms with Crippen LogP contribution in [0.25, 0.3) is 16.5 Å². The van der Waals surface area contributed by atoms with E-state index in [1.807, 2.05) is 25.4 Å². The van der Waals surface area contributed by atoms with E-state index in [-0.39, 0.29) is 12.1 Å². The molecule has 2 aromatic carbocycles. The summed E-state index contributed by atoms with van der Waals surface area (Å²) in [6.07, 6.45) is 3.95. The number of thiocarbonyl (C=S) groups is 1. The second-order valence-corrected chi connectivity index (χ2v) is 7.46. The van der Waals surface area contributed by atoms with E-state index in [4.69, 9.17) is 12.2 Å². The molecule has 138 valence electrons. The Balaban J connectivity index is 1.61. The Morgan fingerprint density at radius 3 is 2.57 bits per heavy atom. The van der Waals surface area contributed by atoms with E-state index in [0.717, 1.165) is 16.5 Å². The summed E-state index contributed by atoms with van der Waals surface area (Å²) < 4.78 is 2.25. The first kappa shape index (κ1) is 17.0. The standard InChI is InChI=1S/C23H20N4S/c1-26-22(21(25-23(26)28)19-9-4-5-13-24-19)20-10-6-14-27(20)18-12-11-16-7-2-3-8-17(16)15-18/h2-15,21-22H,1H3,(H,25,28). The van der Waals surface area contributed by atoms with Crippen molar-refractivity contribution in [1.82, 2.24) is 19.8 Å². The second-order valence-electron chi connectivity index (χ2n) is 7.07. The van der Waals surface area contributed by atoms with Gasteiger partial charge < -0.3 is 14.8 Å². The number of nitrogens with zero attached hydrogens (tertiary/aromatic N) is 3. The molecule has 0 radical (unpaired) electrons. The van der Waals surface area contributed by atoms with Gasteiger partial charge in [0.2, 0.25) is 0 Å². The molecular formula is C23H20N4S. The van der Waals surface area contributed by atoms with Gasteiger partial charge in [-0.1, -0.05) is 36.4 Å². The monoisotopic (exact) mass is 384 g/mol. The third-order valence-electron chi connectivity index (χ3n) is 5.43. The summed E-state index contributed by atoms with van der Waals surface area (Å²) >= 11 is 5.57. The Hall–Kier alpha value is -3.18. The Morgan fingerprint density at radius 2 is 1.75 bits per heavy atom. The van der Waals surface area contributed by atoms with Crippen LogP contribution in [-0.2, 0) is 0 Å². The van der Waals surface area contributed by atoms with Crippen LogP contribution in [0.5, 0.6) is 0 Å². The van der Waals surface area contributed by atoms with Crippen molar-refractivity contribution in [3.63, 3.8) is 0 Å². The Kier molecular flexibility index (Phi) is 4.10. The number of aromatic nitrogens is 2. The lowest BCUT2D eigenvalue weighted by molar-refractivity contribution is 0.357. The highest BCUT2D eigenvalue weighted by atomic mass is 32.1. The first-order valence-corrected chi connectivity index (χ1v) is 9.74. The van der Waals surface area contributed by atoms with Gasteiger partial charge in [-0.15, -0.1) is 0 Å². The average Bonchev–Trinajstić information content (AvgIpc) is 3.33. The number of likely N-dealkylation sites (N-methyl/N-ethyl adjacent to an activating group) is 1. The molecule has 28 heavy (non-hydrogen) atoms. The average molecular weight is 385 g/mol. The molecule has 1 saturated heterocycles. The zero-order valence-electron chi connectivity index (χ0n) is 15.5. The molecule has 4 aromatic rings. The molecule has 0 spiro atoms. The normalized spacial score (nSPS) is 19.2. The minimum absolute atomic E-state index is 0.00723. The minimum atomic E-state index is 0.00723. The molecule has 1 aliphatic rings. The highest BCUT2D eigenvalue weighted by Gasteiger charge is 2.39. The lowest BCUT2D eigenvalue weighted by Crippen LogP contribution is -2.25. The van der Waals surface area contributed by atoms with Gasteiger partial charge in [0.25, 0.3) is 0 Å². The Bertz CT molecular complexity index is 1150. The van der Waals surface area contributed by atoms with Gasteiger partial charge in [0.15, 0.2) is 5.11 Å². The summed E-state index contributed by atoms with van der Waals surface area (Å²) in [5, 5.41) is 6.66. The molecule has 2 atom stereocenters. The topological polar surface area (TPSA) is 33.1 Å². The Morgan fingerprint density at radius 1 is 0.929 bits per heavy atom. The molecule has 0 aliphatic carbocycles. The zero-order chi connectivity index (χ0) is 19.1. The number of hydrogen-bond acceptors (Lipinski definition) is 2. The molecule has 0 saturated carbocycles. The third kappa shape index (κ3) is 2.75. The van der Waals surface area contributed by atoms with Gasteiger partial charge in [0, 0.05) is 30.8 Å². The highest BCUT2D eigenvalue weighted by molar-refractivity contribution is 7.80. The minimum Gasteiger partial charge on any atom is -0.352 e. The number of nitrogens with one attached hydrogen (secondary N) is 1. The molecule has 2 unspecified atom stereocenters. The predicted octanol–water partition coefficient (Wildman–Crippen LogP) is 4.63. The van der Waals surface area contributed by atoms with E-state index in [1.165, 1.54) is 16.5 Å². The van der Waals surface area contributed by atoms with Gasteiger partial charge in [0.05, 0.1) is 17.8 Å². The summed E-state index contributed by atoms with van der Waals surface area (Å²) in [4.78, 5) is 6.70. The molecule has 2 aromatic heterocycles. The summed E-state index contributed by atoms with van der Waals surface area (Å²) in [6.45, 7) is 0. The molecule has 0 amide bonds. The van der Waals surface area contributed by atoms with E-state index in [0.29, 0.717) is 0 Å². The first-order chi connectivity index (χ1) is 13.7. The van der Waals surface area contributed by atoms with Crippen molar-refractivity contribution in [1.29, 1.82) is 0 Å². The number of benzene rings is 2. The quantitative estimate of drug-likeness (QED) is 0.522. The van der Waals surface area contributed by atoms with Crippen molar-refractivity contribution in [3.05, 3.63) is 96.6 Å². The van der Waals surface area contributed by atoms with Crippen LogP contribution >= 0.6 is 12.2 Å². The number of hydrogen-bond donors (Lipinski definition) is 1. The molecule has 3 heterocycles. The van der Waals surface area contributed by atoms with Crippen molar-refractivity contribution in [3.8, 4) is 5.69 Å². The SMILES string of the molecule is CN1C(=S)NC(c2ccccn2)C1c1cccn1-c1ccc2ccccc2c1. The summed E-state index contributed by atoms with van der Waals surface area (Å²) in [6, 6.07) is 25.3. The second kappa shape index (κ2) is 6.77. The number of rotatable bonds is 3. The van der Waals surface area contributed by atoms with E-state index >= 15 is 0 Å². The number of fused-ring (bicyclic) bond motifs is 1. The highest BCUT2D eigenvalue weighted by Crippen LogP contribution is 2.38. The van der Waals surface area contributed by atoms with Crippen molar-refractivity contribution in [2.24, 2.45) is 0 Å². The van der Waals surface area contributed by atoms with Crippen LogP contribution in [0.1, 0.15) is 23.5 Å². The van der Waals surface area contributed by atoms with E-state index in [2.05, 4.69) is 86.6 Å². The number of pyridine rings is 1. The lowest BCUT2D eigenvalue weighted by Gasteiger charge is -2.26. The van der Waals surface area contributed by atoms with Crippen molar-refractivity contribution in [2.75, 3.05) is 7.05 Å². The molecule has 5 rings (SSSR count). The maximum Gasteiger partial charge on any atom is 0.169 e.